The van der Waals surface area contributed by atoms with E-state index in [1.54, 1.807) is 18.4 Å². The molecule has 0 bridgehead atoms. The highest BCUT2D eigenvalue weighted by molar-refractivity contribution is 6.38. The van der Waals surface area contributed by atoms with E-state index in [2.05, 4.69) is 5.32 Å². The van der Waals surface area contributed by atoms with Gasteiger partial charge < -0.3 is 9.73 Å². The summed E-state index contributed by atoms with van der Waals surface area (Å²) in [6, 6.07) is 3.52. The number of halogens is 2. The molecule has 2 nitrogen and oxygen atoms in total. The van der Waals surface area contributed by atoms with Crippen LogP contribution in [0, 0.1) is 0 Å². The molecular weight excluding hydrogens is 233 g/mol. The number of benzene rings is 1. The maximum atomic E-state index is 6.12. The Kier molecular flexibility index (Phi) is 3.19. The molecule has 15 heavy (non-hydrogen) atoms. The molecule has 0 amide bonds. The predicted octanol–water partition coefficient (Wildman–Crippen LogP) is 3.50. The SMILES string of the molecule is CNCCc1coc2cc(Cl)cc(Cl)c12. The van der Waals surface area contributed by atoms with Gasteiger partial charge in [-0.15, -0.1) is 0 Å². The summed E-state index contributed by atoms with van der Waals surface area (Å²) in [5.41, 5.74) is 1.86. The highest BCUT2D eigenvalue weighted by Gasteiger charge is 2.10. The Balaban J connectivity index is 2.49. The lowest BCUT2D eigenvalue weighted by Crippen LogP contribution is -2.09. The summed E-state index contributed by atoms with van der Waals surface area (Å²) in [5, 5.41) is 5.31. The van der Waals surface area contributed by atoms with Crippen LogP contribution in [-0.2, 0) is 6.42 Å². The van der Waals surface area contributed by atoms with Crippen molar-refractivity contribution >= 4 is 34.2 Å². The first-order valence-corrected chi connectivity index (χ1v) is 5.47. The first kappa shape index (κ1) is 10.8. The van der Waals surface area contributed by atoms with Crippen LogP contribution >= 0.6 is 23.2 Å². The van der Waals surface area contributed by atoms with Gasteiger partial charge >= 0.3 is 0 Å². The van der Waals surface area contributed by atoms with Crippen molar-refractivity contribution in [3.63, 3.8) is 0 Å². The minimum atomic E-state index is 0.599. The lowest BCUT2D eigenvalue weighted by molar-refractivity contribution is 0.609. The second-order valence-electron chi connectivity index (χ2n) is 3.38. The summed E-state index contributed by atoms with van der Waals surface area (Å²) >= 11 is 12.0. The van der Waals surface area contributed by atoms with E-state index in [1.807, 2.05) is 7.05 Å². The number of hydrogen-bond acceptors (Lipinski definition) is 2. The average Bonchev–Trinajstić information content (AvgIpc) is 2.58. The topological polar surface area (TPSA) is 25.2 Å². The van der Waals surface area contributed by atoms with Gasteiger partial charge in [0.1, 0.15) is 5.58 Å². The van der Waals surface area contributed by atoms with Crippen LogP contribution in [0.2, 0.25) is 10.0 Å². The molecule has 0 aliphatic heterocycles. The average molecular weight is 244 g/mol. The van der Waals surface area contributed by atoms with Gasteiger partial charge in [-0.05, 0) is 26.1 Å². The van der Waals surface area contributed by atoms with E-state index >= 15 is 0 Å². The van der Waals surface area contributed by atoms with E-state index < -0.39 is 0 Å². The quantitative estimate of drug-likeness (QED) is 0.893. The van der Waals surface area contributed by atoms with Gasteiger partial charge in [0.25, 0.3) is 0 Å². The zero-order valence-electron chi connectivity index (χ0n) is 8.31. The number of hydrogen-bond donors (Lipinski definition) is 1. The van der Waals surface area contributed by atoms with Crippen LogP contribution in [0.25, 0.3) is 11.0 Å². The first-order valence-electron chi connectivity index (χ1n) is 4.72. The van der Waals surface area contributed by atoms with E-state index in [-0.39, 0.29) is 0 Å². The van der Waals surface area contributed by atoms with Gasteiger partial charge in [-0.25, -0.2) is 0 Å². The Morgan fingerprint density at radius 3 is 2.87 bits per heavy atom. The number of rotatable bonds is 3. The summed E-state index contributed by atoms with van der Waals surface area (Å²) < 4.78 is 5.41. The molecule has 1 aromatic heterocycles. The summed E-state index contributed by atoms with van der Waals surface area (Å²) in [6.45, 7) is 0.896. The molecule has 0 atom stereocenters. The Morgan fingerprint density at radius 1 is 1.33 bits per heavy atom. The second kappa shape index (κ2) is 4.44. The van der Waals surface area contributed by atoms with Crippen molar-refractivity contribution in [2.45, 2.75) is 6.42 Å². The molecule has 0 fully saturated rings. The molecule has 0 radical (unpaired) electrons. The Morgan fingerprint density at radius 2 is 2.13 bits per heavy atom. The standard InChI is InChI=1S/C11H11Cl2NO/c1-14-3-2-7-6-15-10-5-8(12)4-9(13)11(7)10/h4-6,14H,2-3H2,1H3. The number of nitrogens with one attached hydrogen (secondary N) is 1. The molecular formula is C11H11Cl2NO. The van der Waals surface area contributed by atoms with Crippen molar-refractivity contribution < 1.29 is 4.42 Å². The monoisotopic (exact) mass is 243 g/mol. The van der Waals surface area contributed by atoms with Gasteiger partial charge in [-0.3, -0.25) is 0 Å². The fraction of sp³-hybridized carbons (Fsp3) is 0.273. The zero-order valence-corrected chi connectivity index (χ0v) is 9.82. The highest BCUT2D eigenvalue weighted by Crippen LogP contribution is 2.32. The van der Waals surface area contributed by atoms with Crippen LogP contribution in [0.15, 0.2) is 22.8 Å². The van der Waals surface area contributed by atoms with Gasteiger partial charge in [0.2, 0.25) is 0 Å². The number of fused-ring (bicyclic) bond motifs is 1. The minimum absolute atomic E-state index is 0.599. The second-order valence-corrected chi connectivity index (χ2v) is 4.22. The van der Waals surface area contributed by atoms with Gasteiger partial charge in [0.15, 0.2) is 0 Å². The molecule has 2 rings (SSSR count). The van der Waals surface area contributed by atoms with E-state index in [9.17, 15) is 0 Å². The molecule has 0 spiro atoms. The van der Waals surface area contributed by atoms with Crippen molar-refractivity contribution in [3.05, 3.63) is 34.0 Å². The van der Waals surface area contributed by atoms with Crippen molar-refractivity contribution in [1.82, 2.24) is 5.32 Å². The molecule has 0 aliphatic carbocycles. The zero-order chi connectivity index (χ0) is 10.8. The molecule has 4 heteroatoms. The lowest BCUT2D eigenvalue weighted by Gasteiger charge is -1.99. The minimum Gasteiger partial charge on any atom is -0.464 e. The van der Waals surface area contributed by atoms with Crippen LogP contribution in [-0.4, -0.2) is 13.6 Å². The maximum absolute atomic E-state index is 6.12. The van der Waals surface area contributed by atoms with Crippen molar-refractivity contribution in [2.75, 3.05) is 13.6 Å². The molecule has 0 unspecified atom stereocenters. The summed E-state index contributed by atoms with van der Waals surface area (Å²) in [7, 11) is 1.92. The van der Waals surface area contributed by atoms with Gasteiger partial charge in [0, 0.05) is 22.0 Å². The van der Waals surface area contributed by atoms with E-state index in [0.29, 0.717) is 10.0 Å². The van der Waals surface area contributed by atoms with E-state index in [0.717, 1.165) is 29.5 Å². The molecule has 1 heterocycles. The predicted molar refractivity (Wildman–Crippen MR) is 63.9 cm³/mol. The molecule has 0 saturated heterocycles. The Labute approximate surface area is 98.2 Å². The smallest absolute Gasteiger partial charge is 0.137 e. The first-order chi connectivity index (χ1) is 7.22. The van der Waals surface area contributed by atoms with Crippen LogP contribution in [0.4, 0.5) is 0 Å². The largest absolute Gasteiger partial charge is 0.464 e. The van der Waals surface area contributed by atoms with Gasteiger partial charge in [-0.1, -0.05) is 23.2 Å². The van der Waals surface area contributed by atoms with Crippen LogP contribution in [0.1, 0.15) is 5.56 Å². The van der Waals surface area contributed by atoms with Crippen molar-refractivity contribution in [1.29, 1.82) is 0 Å². The third-order valence-electron chi connectivity index (χ3n) is 2.31. The lowest BCUT2D eigenvalue weighted by atomic mass is 10.1. The highest BCUT2D eigenvalue weighted by atomic mass is 35.5. The molecule has 2 aromatic rings. The van der Waals surface area contributed by atoms with Crippen molar-refractivity contribution in [2.24, 2.45) is 0 Å². The molecule has 1 N–H and O–H groups in total. The van der Waals surface area contributed by atoms with Crippen LogP contribution in [0.5, 0.6) is 0 Å². The van der Waals surface area contributed by atoms with Crippen molar-refractivity contribution in [3.8, 4) is 0 Å². The maximum Gasteiger partial charge on any atom is 0.137 e. The van der Waals surface area contributed by atoms with Crippen LogP contribution < -0.4 is 5.32 Å². The summed E-state index contributed by atoms with van der Waals surface area (Å²) in [4.78, 5) is 0. The molecule has 0 saturated carbocycles. The number of likely N-dealkylation sites (N-methyl/N-ethyl adjacent to an activating group) is 1. The normalized spacial score (nSPS) is 11.1. The number of furan rings is 1. The van der Waals surface area contributed by atoms with E-state index in [1.165, 1.54) is 0 Å². The van der Waals surface area contributed by atoms with Gasteiger partial charge in [-0.2, -0.15) is 0 Å². The molecule has 80 valence electrons. The van der Waals surface area contributed by atoms with Crippen LogP contribution in [0.3, 0.4) is 0 Å². The summed E-state index contributed by atoms with van der Waals surface area (Å²) in [6.07, 6.45) is 2.63. The Hall–Kier alpha value is -0.700. The Bertz CT molecular complexity index is 479. The third-order valence-corrected chi connectivity index (χ3v) is 2.83. The third kappa shape index (κ3) is 2.12. The summed E-state index contributed by atoms with van der Waals surface area (Å²) in [5.74, 6) is 0. The van der Waals surface area contributed by atoms with E-state index in [4.69, 9.17) is 27.6 Å². The fourth-order valence-corrected chi connectivity index (χ4v) is 2.19. The molecule has 1 aromatic carbocycles. The van der Waals surface area contributed by atoms with Gasteiger partial charge in [0.05, 0.1) is 11.3 Å². The fourth-order valence-electron chi connectivity index (χ4n) is 1.59. The molecule has 0 aliphatic rings.